The van der Waals surface area contributed by atoms with Crippen molar-refractivity contribution in [1.29, 1.82) is 0 Å². The van der Waals surface area contributed by atoms with Crippen LogP contribution in [-0.4, -0.2) is 5.97 Å². The normalized spacial score (nSPS) is 31.1. The number of carbonyl (C=O) groups is 1. The third-order valence-corrected chi connectivity index (χ3v) is 2.98. The molecule has 0 radical (unpaired) electrons. The van der Waals surface area contributed by atoms with Gasteiger partial charge in [-0.05, 0) is 0 Å². The van der Waals surface area contributed by atoms with Crippen molar-refractivity contribution >= 4 is 5.97 Å². The number of fused-ring (bicyclic) bond motifs is 2. The van der Waals surface area contributed by atoms with E-state index in [1.165, 1.54) is 0 Å². The van der Waals surface area contributed by atoms with Gasteiger partial charge < -0.3 is 4.74 Å². The molecule has 66 valence electrons. The summed E-state index contributed by atoms with van der Waals surface area (Å²) in [7, 11) is 0. The maximum Gasteiger partial charge on any atom is 1.00 e. The van der Waals surface area contributed by atoms with E-state index >= 15 is 0 Å². The number of hydrogen-bond donors (Lipinski definition) is 0. The molecule has 0 aromatic carbocycles. The van der Waals surface area contributed by atoms with Crippen LogP contribution in [0.4, 0.5) is 0 Å². The molecule has 1 saturated heterocycles. The number of hydrogen-bond acceptors (Lipinski definition) is 2. The van der Waals surface area contributed by atoms with Crippen LogP contribution in [0.25, 0.3) is 0 Å². The van der Waals surface area contributed by atoms with Crippen LogP contribution in [0.1, 0.15) is 26.7 Å². The smallest absolute Gasteiger partial charge is 0.633 e. The van der Waals surface area contributed by atoms with E-state index in [0.29, 0.717) is 0 Å². The second kappa shape index (κ2) is 3.19. The molecule has 0 aromatic heterocycles. The van der Waals surface area contributed by atoms with Gasteiger partial charge in [0.2, 0.25) is 0 Å². The summed E-state index contributed by atoms with van der Waals surface area (Å²) in [6.07, 6.45) is 2.73. The third-order valence-electron chi connectivity index (χ3n) is 2.98. The zero-order valence-corrected chi connectivity index (χ0v) is 8.52. The van der Waals surface area contributed by atoms with Crippen LogP contribution in [0.2, 0.25) is 0 Å². The Bertz CT molecular complexity index is 250. The van der Waals surface area contributed by atoms with E-state index in [9.17, 15) is 4.79 Å². The van der Waals surface area contributed by atoms with Crippen molar-refractivity contribution in [1.82, 2.24) is 0 Å². The molecule has 1 aliphatic carbocycles. The SMILES string of the molecule is C=C1CC[C-]2OC(=O)[C@H]1C2(C)C.[Li+]. The summed E-state index contributed by atoms with van der Waals surface area (Å²) in [4.78, 5) is 11.4. The Balaban J connectivity index is 0.000000845. The summed E-state index contributed by atoms with van der Waals surface area (Å²) in [5.41, 5.74) is 0.929. The van der Waals surface area contributed by atoms with Crippen LogP contribution < -0.4 is 18.9 Å². The molecule has 0 aromatic rings. The zero-order chi connectivity index (χ0) is 8.93. The first-order valence-corrected chi connectivity index (χ1v) is 4.29. The fourth-order valence-electron chi connectivity index (χ4n) is 2.24. The van der Waals surface area contributed by atoms with Crippen LogP contribution in [0.3, 0.4) is 0 Å². The van der Waals surface area contributed by atoms with Crippen molar-refractivity contribution in [3.8, 4) is 0 Å². The van der Waals surface area contributed by atoms with Crippen LogP contribution in [0, 0.1) is 17.4 Å². The molecule has 1 aliphatic heterocycles. The molecule has 3 heteroatoms. The third kappa shape index (κ3) is 1.37. The minimum absolute atomic E-state index is 0. The van der Waals surface area contributed by atoms with E-state index in [-0.39, 0.29) is 36.2 Å². The Morgan fingerprint density at radius 3 is 2.77 bits per heavy atom. The Morgan fingerprint density at radius 2 is 2.23 bits per heavy atom. The van der Waals surface area contributed by atoms with Gasteiger partial charge in [-0.1, -0.05) is 32.4 Å². The van der Waals surface area contributed by atoms with Gasteiger partial charge in [-0.2, -0.15) is 0 Å². The second-order valence-electron chi connectivity index (χ2n) is 4.16. The maximum atomic E-state index is 11.4. The van der Waals surface area contributed by atoms with E-state index in [1.807, 2.05) is 0 Å². The zero-order valence-electron chi connectivity index (χ0n) is 8.52. The molecule has 2 rings (SSSR count). The monoisotopic (exact) mass is 172 g/mol. The summed E-state index contributed by atoms with van der Waals surface area (Å²) in [6, 6.07) is 0. The van der Waals surface area contributed by atoms with Crippen molar-refractivity contribution in [3.63, 3.8) is 0 Å². The summed E-state index contributed by atoms with van der Waals surface area (Å²) in [6.45, 7) is 8.04. The fraction of sp³-hybridized carbons (Fsp3) is 0.600. The first-order chi connectivity index (χ1) is 5.53. The molecule has 0 N–H and O–H groups in total. The standard InChI is InChI=1S/C10H13O2.Li/c1-6-4-5-7-10(2,3)8(6)9(11)12-7;/h8H,1,4-5H2,2-3H3;/q-1;+1/t8-;/m0./s1. The molecule has 13 heavy (non-hydrogen) atoms. The molecule has 2 fully saturated rings. The number of esters is 1. The Hall–Kier alpha value is -0.193. The van der Waals surface area contributed by atoms with Gasteiger partial charge >= 0.3 is 18.9 Å². The van der Waals surface area contributed by atoms with Gasteiger partial charge in [-0.15, -0.1) is 17.9 Å². The first-order valence-electron chi connectivity index (χ1n) is 4.29. The molecule has 1 saturated carbocycles. The Labute approximate surface area is 90.9 Å². The van der Waals surface area contributed by atoms with Gasteiger partial charge in [0, 0.05) is 0 Å². The van der Waals surface area contributed by atoms with Crippen molar-refractivity contribution in [2.24, 2.45) is 11.3 Å². The summed E-state index contributed by atoms with van der Waals surface area (Å²) in [5.74, 6) is -0.182. The molecule has 1 atom stereocenters. The summed E-state index contributed by atoms with van der Waals surface area (Å²) in [5, 5.41) is 0. The molecule has 2 bridgehead atoms. The molecule has 0 spiro atoms. The number of ether oxygens (including phenoxy) is 1. The average molecular weight is 172 g/mol. The minimum atomic E-state index is -0.105. The maximum absolute atomic E-state index is 11.4. The predicted molar refractivity (Wildman–Crippen MR) is 45.0 cm³/mol. The first kappa shape index (κ1) is 10.9. The van der Waals surface area contributed by atoms with Crippen molar-refractivity contribution in [3.05, 3.63) is 18.3 Å². The quantitative estimate of drug-likeness (QED) is 0.204. The van der Waals surface area contributed by atoms with Crippen LogP contribution in [-0.2, 0) is 9.53 Å². The van der Waals surface area contributed by atoms with E-state index in [0.717, 1.165) is 24.5 Å². The molecule has 2 nitrogen and oxygen atoms in total. The average Bonchev–Trinajstić information content (AvgIpc) is 2.12. The number of carbonyl (C=O) groups excluding carboxylic acids is 1. The summed E-state index contributed by atoms with van der Waals surface area (Å²) >= 11 is 0. The molecule has 0 amide bonds. The Morgan fingerprint density at radius 1 is 1.62 bits per heavy atom. The van der Waals surface area contributed by atoms with E-state index < -0.39 is 0 Å². The van der Waals surface area contributed by atoms with Crippen molar-refractivity contribution in [2.75, 3.05) is 0 Å². The van der Waals surface area contributed by atoms with Gasteiger partial charge in [0.15, 0.2) is 0 Å². The molecular formula is C10H13LiO2. The topological polar surface area (TPSA) is 26.3 Å². The molecule has 1 heterocycles. The van der Waals surface area contributed by atoms with Gasteiger partial charge in [0.1, 0.15) is 0 Å². The van der Waals surface area contributed by atoms with Gasteiger partial charge in [0.05, 0.1) is 5.92 Å². The van der Waals surface area contributed by atoms with Gasteiger partial charge in [-0.25, -0.2) is 0 Å². The van der Waals surface area contributed by atoms with E-state index in [2.05, 4.69) is 20.4 Å². The fourth-order valence-corrected chi connectivity index (χ4v) is 2.24. The molecule has 0 unspecified atom stereocenters. The van der Waals surface area contributed by atoms with Gasteiger partial charge in [-0.3, -0.25) is 4.79 Å². The van der Waals surface area contributed by atoms with E-state index in [1.54, 1.807) is 0 Å². The number of rotatable bonds is 0. The van der Waals surface area contributed by atoms with E-state index in [4.69, 9.17) is 4.74 Å². The second-order valence-corrected chi connectivity index (χ2v) is 4.16. The summed E-state index contributed by atoms with van der Waals surface area (Å²) < 4.78 is 5.19. The Kier molecular flexibility index (Phi) is 2.67. The minimum Gasteiger partial charge on any atom is -0.633 e. The molecule has 2 aliphatic rings. The molecular weight excluding hydrogens is 159 g/mol. The van der Waals surface area contributed by atoms with Crippen molar-refractivity contribution < 1.29 is 28.4 Å². The van der Waals surface area contributed by atoms with Gasteiger partial charge in [0.25, 0.3) is 5.97 Å². The predicted octanol–water partition coefficient (Wildman–Crippen LogP) is -0.928. The van der Waals surface area contributed by atoms with Crippen molar-refractivity contribution in [2.45, 2.75) is 26.7 Å². The largest absolute Gasteiger partial charge is 1.00 e. The van der Waals surface area contributed by atoms with Crippen LogP contribution >= 0.6 is 0 Å². The van der Waals surface area contributed by atoms with Crippen LogP contribution in [0.5, 0.6) is 0 Å². The van der Waals surface area contributed by atoms with Crippen LogP contribution in [0.15, 0.2) is 12.2 Å².